The topological polar surface area (TPSA) is 75.6 Å². The van der Waals surface area contributed by atoms with E-state index in [4.69, 9.17) is 9.84 Å². The largest absolute Gasteiger partial charge is 0.478 e. The minimum Gasteiger partial charge on any atom is -0.478 e. The molecule has 0 saturated carbocycles. The molecule has 0 fully saturated rings. The van der Waals surface area contributed by atoms with E-state index in [1.807, 2.05) is 0 Å². The van der Waals surface area contributed by atoms with Crippen molar-refractivity contribution in [3.05, 3.63) is 34.6 Å². The summed E-state index contributed by atoms with van der Waals surface area (Å²) in [6.45, 7) is 5.20. The zero-order valence-electron chi connectivity index (χ0n) is 12.2. The van der Waals surface area contributed by atoms with E-state index in [0.717, 1.165) is 6.07 Å². The normalized spacial score (nSPS) is 17.2. The Hall–Kier alpha value is -2.11. The third-order valence-corrected chi connectivity index (χ3v) is 3.26. The standard InChI is InChI=1S/C15H18FNO4/c1-15(2,3)21-14(20)17-11-7-5-8-9(13(18)19)4-6-10(16)12(8)11/h4,6,11H,5,7H2,1-3H3,(H,17,20)(H,18,19)/t11-/m0/s1. The van der Waals surface area contributed by atoms with Gasteiger partial charge in [-0.3, -0.25) is 0 Å². The van der Waals surface area contributed by atoms with Crippen molar-refractivity contribution in [2.24, 2.45) is 0 Å². The van der Waals surface area contributed by atoms with Gasteiger partial charge in [0.2, 0.25) is 0 Å². The number of rotatable bonds is 2. The zero-order valence-corrected chi connectivity index (χ0v) is 12.2. The van der Waals surface area contributed by atoms with Gasteiger partial charge < -0.3 is 15.2 Å². The Balaban J connectivity index is 2.24. The summed E-state index contributed by atoms with van der Waals surface area (Å²) < 4.78 is 19.1. The average molecular weight is 295 g/mol. The molecule has 1 atom stereocenters. The van der Waals surface area contributed by atoms with Crippen LogP contribution in [0.2, 0.25) is 0 Å². The molecule has 2 rings (SSSR count). The molecule has 1 aliphatic rings. The third-order valence-electron chi connectivity index (χ3n) is 3.26. The number of alkyl carbamates (subject to hydrolysis) is 1. The van der Waals surface area contributed by atoms with Gasteiger partial charge in [-0.2, -0.15) is 0 Å². The number of carboxylic acid groups (broad SMARTS) is 1. The van der Waals surface area contributed by atoms with Crippen LogP contribution in [0.4, 0.5) is 9.18 Å². The van der Waals surface area contributed by atoms with Gasteiger partial charge in [-0.25, -0.2) is 14.0 Å². The van der Waals surface area contributed by atoms with Crippen LogP contribution in [0, 0.1) is 5.82 Å². The summed E-state index contributed by atoms with van der Waals surface area (Å²) in [4.78, 5) is 22.9. The second kappa shape index (κ2) is 5.35. The number of nitrogens with one attached hydrogen (secondary N) is 1. The lowest BCUT2D eigenvalue weighted by Gasteiger charge is -2.22. The highest BCUT2D eigenvalue weighted by molar-refractivity contribution is 5.90. The van der Waals surface area contributed by atoms with Gasteiger partial charge in [-0.15, -0.1) is 0 Å². The van der Waals surface area contributed by atoms with Crippen LogP contribution >= 0.6 is 0 Å². The second-order valence-corrected chi connectivity index (χ2v) is 6.03. The number of hydrogen-bond acceptors (Lipinski definition) is 3. The summed E-state index contributed by atoms with van der Waals surface area (Å²) in [6, 6.07) is 1.82. The van der Waals surface area contributed by atoms with Gasteiger partial charge in [0, 0.05) is 5.56 Å². The number of amides is 1. The predicted octanol–water partition coefficient (Wildman–Crippen LogP) is 3.04. The quantitative estimate of drug-likeness (QED) is 0.879. The molecule has 0 radical (unpaired) electrons. The van der Waals surface area contributed by atoms with E-state index in [2.05, 4.69) is 5.32 Å². The van der Waals surface area contributed by atoms with E-state index in [1.54, 1.807) is 20.8 Å². The van der Waals surface area contributed by atoms with Gasteiger partial charge in [0.25, 0.3) is 0 Å². The van der Waals surface area contributed by atoms with Gasteiger partial charge in [-0.05, 0) is 51.3 Å². The van der Waals surface area contributed by atoms with Gasteiger partial charge in [-0.1, -0.05) is 0 Å². The molecule has 0 aromatic heterocycles. The van der Waals surface area contributed by atoms with Crippen molar-refractivity contribution in [1.82, 2.24) is 5.32 Å². The van der Waals surface area contributed by atoms with Crippen molar-refractivity contribution < 1.29 is 23.8 Å². The number of carboxylic acids is 1. The van der Waals surface area contributed by atoms with Crippen LogP contribution in [0.3, 0.4) is 0 Å². The third kappa shape index (κ3) is 3.32. The van der Waals surface area contributed by atoms with Crippen molar-refractivity contribution in [1.29, 1.82) is 0 Å². The number of benzene rings is 1. The first kappa shape index (κ1) is 15.3. The first-order valence-corrected chi connectivity index (χ1v) is 6.73. The Labute approximate surface area is 122 Å². The van der Waals surface area contributed by atoms with Gasteiger partial charge in [0.15, 0.2) is 0 Å². The van der Waals surface area contributed by atoms with E-state index < -0.39 is 29.5 Å². The molecule has 0 bridgehead atoms. The maximum Gasteiger partial charge on any atom is 0.408 e. The molecule has 114 valence electrons. The van der Waals surface area contributed by atoms with E-state index in [1.165, 1.54) is 6.07 Å². The molecule has 1 aliphatic carbocycles. The van der Waals surface area contributed by atoms with Crippen LogP contribution in [0.1, 0.15) is 54.7 Å². The summed E-state index contributed by atoms with van der Waals surface area (Å²) in [5.74, 6) is -1.60. The fourth-order valence-electron chi connectivity index (χ4n) is 2.51. The SMILES string of the molecule is CC(C)(C)OC(=O)N[C@H]1CCc2c(C(=O)O)ccc(F)c21. The Kier molecular flexibility index (Phi) is 3.89. The molecule has 1 aromatic carbocycles. The van der Waals surface area contributed by atoms with Crippen LogP contribution < -0.4 is 5.32 Å². The van der Waals surface area contributed by atoms with Crippen molar-refractivity contribution in [2.75, 3.05) is 0 Å². The van der Waals surface area contributed by atoms with Gasteiger partial charge in [0.1, 0.15) is 11.4 Å². The molecular weight excluding hydrogens is 277 g/mol. The van der Waals surface area contributed by atoms with Crippen LogP contribution in [-0.2, 0) is 11.2 Å². The molecule has 0 spiro atoms. The summed E-state index contributed by atoms with van der Waals surface area (Å²) >= 11 is 0. The summed E-state index contributed by atoms with van der Waals surface area (Å²) in [5, 5.41) is 11.7. The fraction of sp³-hybridized carbons (Fsp3) is 0.467. The fourth-order valence-corrected chi connectivity index (χ4v) is 2.51. The number of carbonyl (C=O) groups excluding carboxylic acids is 1. The second-order valence-electron chi connectivity index (χ2n) is 6.03. The van der Waals surface area contributed by atoms with Gasteiger partial charge in [0.05, 0.1) is 11.6 Å². The smallest absolute Gasteiger partial charge is 0.408 e. The Morgan fingerprint density at radius 2 is 2.05 bits per heavy atom. The molecule has 0 unspecified atom stereocenters. The van der Waals surface area contributed by atoms with E-state index in [9.17, 15) is 14.0 Å². The lowest BCUT2D eigenvalue weighted by atomic mass is 10.0. The minimum absolute atomic E-state index is 0.0832. The monoisotopic (exact) mass is 295 g/mol. The number of halogens is 1. The molecule has 2 N–H and O–H groups in total. The molecule has 0 heterocycles. The van der Waals surface area contributed by atoms with Crippen LogP contribution in [0.5, 0.6) is 0 Å². The Morgan fingerprint density at radius 3 is 2.62 bits per heavy atom. The lowest BCUT2D eigenvalue weighted by Crippen LogP contribution is -2.34. The van der Waals surface area contributed by atoms with Crippen LogP contribution in [-0.4, -0.2) is 22.8 Å². The molecule has 21 heavy (non-hydrogen) atoms. The molecule has 1 aromatic rings. The number of carbonyl (C=O) groups is 2. The number of ether oxygens (including phenoxy) is 1. The average Bonchev–Trinajstić information content (AvgIpc) is 2.71. The van der Waals surface area contributed by atoms with Crippen molar-refractivity contribution in [2.45, 2.75) is 45.3 Å². The van der Waals surface area contributed by atoms with E-state index >= 15 is 0 Å². The highest BCUT2D eigenvalue weighted by Gasteiger charge is 2.32. The van der Waals surface area contributed by atoms with Crippen LogP contribution in [0.25, 0.3) is 0 Å². The maximum atomic E-state index is 14.0. The summed E-state index contributed by atoms with van der Waals surface area (Å²) in [6.07, 6.45) is 0.228. The zero-order chi connectivity index (χ0) is 15.8. The highest BCUT2D eigenvalue weighted by Crippen LogP contribution is 2.35. The first-order valence-electron chi connectivity index (χ1n) is 6.73. The molecule has 5 nitrogen and oxygen atoms in total. The minimum atomic E-state index is -1.09. The maximum absolute atomic E-state index is 14.0. The predicted molar refractivity (Wildman–Crippen MR) is 73.8 cm³/mol. The molecule has 0 saturated heterocycles. The van der Waals surface area contributed by atoms with Crippen molar-refractivity contribution in [3.63, 3.8) is 0 Å². The first-order chi connectivity index (χ1) is 9.69. The summed E-state index contributed by atoms with van der Waals surface area (Å²) in [7, 11) is 0. The van der Waals surface area contributed by atoms with E-state index in [0.29, 0.717) is 18.4 Å². The molecule has 1 amide bonds. The van der Waals surface area contributed by atoms with Crippen molar-refractivity contribution >= 4 is 12.1 Å². The number of hydrogen-bond donors (Lipinski definition) is 2. The van der Waals surface area contributed by atoms with Gasteiger partial charge >= 0.3 is 12.1 Å². The van der Waals surface area contributed by atoms with Crippen LogP contribution in [0.15, 0.2) is 12.1 Å². The number of fused-ring (bicyclic) bond motifs is 1. The molecular formula is C15H18FNO4. The number of aromatic carboxylic acids is 1. The molecule has 0 aliphatic heterocycles. The van der Waals surface area contributed by atoms with Crippen molar-refractivity contribution in [3.8, 4) is 0 Å². The highest BCUT2D eigenvalue weighted by atomic mass is 19.1. The Morgan fingerprint density at radius 1 is 1.38 bits per heavy atom. The molecule has 6 heteroatoms. The Bertz CT molecular complexity index is 592. The van der Waals surface area contributed by atoms with E-state index in [-0.39, 0.29) is 11.1 Å². The lowest BCUT2D eigenvalue weighted by molar-refractivity contribution is 0.0502. The summed E-state index contributed by atoms with van der Waals surface area (Å²) in [5.41, 5.74) is 0.136.